The molecule has 0 aliphatic carbocycles. The molecule has 0 nitrogen and oxygen atoms in total. The third-order valence-corrected chi connectivity index (χ3v) is 10.1. The minimum Gasteiger partial charge on any atom is -0.166 e. The van der Waals surface area contributed by atoms with Gasteiger partial charge in [0, 0.05) is 9.75 Å². The van der Waals surface area contributed by atoms with E-state index in [0.717, 1.165) is 58.0 Å². The average molecular weight is 566 g/mol. The molecule has 0 unspecified atom stereocenters. The van der Waals surface area contributed by atoms with Gasteiger partial charge >= 0.3 is 12.4 Å². The number of benzene rings is 3. The van der Waals surface area contributed by atoms with Gasteiger partial charge in [-0.05, 0) is 92.2 Å². The molecule has 194 valence electrons. The molecule has 0 atom stereocenters. The van der Waals surface area contributed by atoms with Crippen molar-refractivity contribution < 1.29 is 26.3 Å². The SMILES string of the molecule is FC(F)(F)c1ccc(-c2cc3c(s2)B2c4sc(-c5ccc(C(F)(F)F)cc5)cc4Cc4cccc(c42)C3)cc1. The Bertz CT molecular complexity index is 1600. The summed E-state index contributed by atoms with van der Waals surface area (Å²) in [6.07, 6.45) is -7.24. The number of hydrogen-bond acceptors (Lipinski definition) is 2. The van der Waals surface area contributed by atoms with Crippen molar-refractivity contribution in [1.29, 1.82) is 0 Å². The topological polar surface area (TPSA) is 0 Å². The number of hydrogen-bond donors (Lipinski definition) is 0. The van der Waals surface area contributed by atoms with Crippen LogP contribution in [0, 0.1) is 0 Å². The first kappa shape index (κ1) is 24.7. The maximum atomic E-state index is 13.1. The fraction of sp³-hybridized carbons (Fsp3) is 0.133. The number of fused-ring (bicyclic) bond motifs is 4. The van der Waals surface area contributed by atoms with Crippen LogP contribution < -0.4 is 15.0 Å². The van der Waals surface area contributed by atoms with Crippen molar-refractivity contribution in [3.8, 4) is 20.9 Å². The predicted octanol–water partition coefficient (Wildman–Crippen LogP) is 7.51. The van der Waals surface area contributed by atoms with Crippen molar-refractivity contribution in [3.05, 3.63) is 112 Å². The van der Waals surface area contributed by atoms with Gasteiger partial charge in [-0.15, -0.1) is 22.7 Å². The highest BCUT2D eigenvalue weighted by molar-refractivity contribution is 7.37. The van der Waals surface area contributed by atoms with Crippen molar-refractivity contribution in [3.63, 3.8) is 0 Å². The van der Waals surface area contributed by atoms with Gasteiger partial charge in [-0.2, -0.15) is 26.3 Å². The van der Waals surface area contributed by atoms with Crippen LogP contribution in [-0.2, 0) is 25.2 Å². The highest BCUT2D eigenvalue weighted by Crippen LogP contribution is 2.37. The lowest BCUT2D eigenvalue weighted by molar-refractivity contribution is -0.138. The Kier molecular flexibility index (Phi) is 5.45. The second-order valence-electron chi connectivity index (χ2n) is 9.93. The molecule has 4 heterocycles. The Morgan fingerprint density at radius 2 is 0.949 bits per heavy atom. The number of thiophene rings is 2. The second kappa shape index (κ2) is 8.60. The third kappa shape index (κ3) is 4.14. The molecule has 0 fully saturated rings. The molecule has 2 aromatic heterocycles. The summed E-state index contributed by atoms with van der Waals surface area (Å²) in [5.74, 6) is 0. The van der Waals surface area contributed by atoms with Gasteiger partial charge in [-0.1, -0.05) is 47.9 Å². The average Bonchev–Trinajstić information content (AvgIpc) is 3.52. The molecule has 0 bridgehead atoms. The second-order valence-corrected chi connectivity index (χ2v) is 12.1. The molecule has 7 rings (SSSR count). The molecule has 2 aliphatic heterocycles. The number of rotatable bonds is 2. The molecule has 3 aromatic carbocycles. The fourth-order valence-corrected chi connectivity index (χ4v) is 8.41. The van der Waals surface area contributed by atoms with Crippen LogP contribution in [0.2, 0.25) is 0 Å². The summed E-state index contributed by atoms with van der Waals surface area (Å²) >= 11 is 3.23. The first-order valence-corrected chi connectivity index (χ1v) is 13.9. The number of alkyl halides is 6. The molecule has 2 aliphatic rings. The van der Waals surface area contributed by atoms with Gasteiger partial charge in [-0.3, -0.25) is 0 Å². The van der Waals surface area contributed by atoms with Crippen molar-refractivity contribution >= 4 is 44.4 Å². The first-order valence-electron chi connectivity index (χ1n) is 12.3. The molecule has 0 spiro atoms. The zero-order valence-electron chi connectivity index (χ0n) is 20.1. The Balaban J connectivity index is 1.32. The predicted molar refractivity (Wildman–Crippen MR) is 146 cm³/mol. The summed E-state index contributed by atoms with van der Waals surface area (Å²) in [5, 5.41) is 0. The fourth-order valence-electron chi connectivity index (χ4n) is 5.72. The molecular formula is C30H17BF6S2. The first-order chi connectivity index (χ1) is 18.6. The van der Waals surface area contributed by atoms with Crippen LogP contribution in [0.3, 0.4) is 0 Å². The normalized spacial score (nSPS) is 14.2. The highest BCUT2D eigenvalue weighted by atomic mass is 32.1. The summed E-state index contributed by atoms with van der Waals surface area (Å²) < 4.78 is 80.9. The van der Waals surface area contributed by atoms with Crippen molar-refractivity contribution in [1.82, 2.24) is 0 Å². The van der Waals surface area contributed by atoms with E-state index in [-0.39, 0.29) is 6.71 Å². The van der Waals surface area contributed by atoms with Gasteiger partial charge in [0.2, 0.25) is 0 Å². The zero-order valence-corrected chi connectivity index (χ0v) is 21.7. The Morgan fingerprint density at radius 3 is 1.33 bits per heavy atom. The summed E-state index contributed by atoms with van der Waals surface area (Å²) in [6, 6.07) is 21.1. The molecule has 0 radical (unpaired) electrons. The van der Waals surface area contributed by atoms with E-state index < -0.39 is 23.5 Å². The van der Waals surface area contributed by atoms with E-state index in [9.17, 15) is 26.3 Å². The lowest BCUT2D eigenvalue weighted by atomic mass is 9.36. The monoisotopic (exact) mass is 566 g/mol. The maximum absolute atomic E-state index is 13.1. The number of halogens is 6. The summed E-state index contributed by atoms with van der Waals surface area (Å²) in [5.41, 5.74) is 6.28. The van der Waals surface area contributed by atoms with Crippen LogP contribution in [-0.4, -0.2) is 6.71 Å². The van der Waals surface area contributed by atoms with Gasteiger partial charge in [0.05, 0.1) is 11.1 Å². The van der Waals surface area contributed by atoms with Gasteiger partial charge in [0.25, 0.3) is 6.71 Å². The smallest absolute Gasteiger partial charge is 0.166 e. The molecule has 0 saturated carbocycles. The van der Waals surface area contributed by atoms with Gasteiger partial charge in [-0.25, -0.2) is 0 Å². The van der Waals surface area contributed by atoms with E-state index in [0.29, 0.717) is 0 Å². The van der Waals surface area contributed by atoms with Gasteiger partial charge < -0.3 is 0 Å². The molecule has 9 heteroatoms. The Hall–Kier alpha value is -3.30. The highest BCUT2D eigenvalue weighted by Gasteiger charge is 2.40. The molecule has 0 amide bonds. The quantitative estimate of drug-likeness (QED) is 0.150. The Morgan fingerprint density at radius 1 is 0.538 bits per heavy atom. The van der Waals surface area contributed by atoms with Crippen LogP contribution in [0.4, 0.5) is 26.3 Å². The summed E-state index contributed by atoms with van der Waals surface area (Å²) in [4.78, 5) is 1.85. The van der Waals surface area contributed by atoms with Crippen LogP contribution in [0.25, 0.3) is 20.9 Å². The molecule has 0 N–H and O–H groups in total. The van der Waals surface area contributed by atoms with E-state index in [4.69, 9.17) is 0 Å². The standard InChI is InChI=1S/C30H17BF6S2/c32-29(33,34)22-8-4-16(5-9-22)24-14-20-12-18-2-1-3-19-13-21-15-25(17-6-10-23(11-7-17)30(35,36)37)39-28(21)31(26(18)19)27(20)38-24/h1-11,14-15H,12-13H2. The lowest BCUT2D eigenvalue weighted by Crippen LogP contribution is -2.58. The minimum absolute atomic E-state index is 0.00472. The maximum Gasteiger partial charge on any atom is 0.416 e. The lowest BCUT2D eigenvalue weighted by Gasteiger charge is -2.30. The van der Waals surface area contributed by atoms with Crippen LogP contribution in [0.15, 0.2) is 78.9 Å². The van der Waals surface area contributed by atoms with Crippen LogP contribution >= 0.6 is 22.7 Å². The van der Waals surface area contributed by atoms with Crippen LogP contribution in [0.1, 0.15) is 33.4 Å². The Labute approximate surface area is 228 Å². The minimum atomic E-state index is -4.38. The van der Waals surface area contributed by atoms with E-state index in [1.54, 1.807) is 22.7 Å². The molecular weight excluding hydrogens is 549 g/mol. The van der Waals surface area contributed by atoms with E-state index in [1.165, 1.54) is 61.5 Å². The van der Waals surface area contributed by atoms with E-state index in [1.807, 2.05) is 0 Å². The largest absolute Gasteiger partial charge is 0.416 e. The summed E-state index contributed by atoms with van der Waals surface area (Å²) in [7, 11) is 0. The zero-order chi connectivity index (χ0) is 27.1. The molecule has 0 saturated heterocycles. The molecule has 5 aromatic rings. The van der Waals surface area contributed by atoms with Gasteiger partial charge in [0.1, 0.15) is 0 Å². The third-order valence-electron chi connectivity index (χ3n) is 7.54. The van der Waals surface area contributed by atoms with Crippen molar-refractivity contribution in [2.24, 2.45) is 0 Å². The van der Waals surface area contributed by atoms with E-state index in [2.05, 4.69) is 30.3 Å². The van der Waals surface area contributed by atoms with Gasteiger partial charge in [0.15, 0.2) is 0 Å². The molecule has 39 heavy (non-hydrogen) atoms. The van der Waals surface area contributed by atoms with Crippen LogP contribution in [0.5, 0.6) is 0 Å². The summed E-state index contributed by atoms with van der Waals surface area (Å²) in [6.45, 7) is 0.00472. The van der Waals surface area contributed by atoms with Crippen molar-refractivity contribution in [2.75, 3.05) is 0 Å². The van der Waals surface area contributed by atoms with E-state index >= 15 is 0 Å². The van der Waals surface area contributed by atoms with Crippen molar-refractivity contribution in [2.45, 2.75) is 25.2 Å².